The third kappa shape index (κ3) is 3.93. The van der Waals surface area contributed by atoms with E-state index in [0.717, 1.165) is 36.6 Å². The summed E-state index contributed by atoms with van der Waals surface area (Å²) in [5.74, 6) is 1.18. The molecular weight excluding hydrogens is 318 g/mol. The number of aromatic nitrogens is 3. The predicted molar refractivity (Wildman–Crippen MR) is 93.1 cm³/mol. The van der Waals surface area contributed by atoms with Crippen molar-refractivity contribution < 1.29 is 9.59 Å². The van der Waals surface area contributed by atoms with E-state index in [9.17, 15) is 9.59 Å². The minimum Gasteiger partial charge on any atom is -0.333 e. The molecule has 0 bridgehead atoms. The molecule has 7 heteroatoms. The van der Waals surface area contributed by atoms with Gasteiger partial charge in [0.1, 0.15) is 11.5 Å². The van der Waals surface area contributed by atoms with Crippen molar-refractivity contribution in [3.05, 3.63) is 53.2 Å². The molecule has 1 aromatic carbocycles. The molecule has 1 aliphatic heterocycles. The zero-order chi connectivity index (χ0) is 17.8. The van der Waals surface area contributed by atoms with Gasteiger partial charge in [-0.2, -0.15) is 0 Å². The molecule has 0 saturated carbocycles. The number of likely N-dealkylation sites (N-methyl/N-ethyl adjacent to an activating group) is 1. The van der Waals surface area contributed by atoms with Gasteiger partial charge in [0.15, 0.2) is 5.82 Å². The molecule has 2 aromatic rings. The zero-order valence-electron chi connectivity index (χ0n) is 14.4. The van der Waals surface area contributed by atoms with Crippen LogP contribution < -0.4 is 5.32 Å². The normalized spacial score (nSPS) is 13.4. The number of carbonyl (C=O) groups is 2. The number of nitrogens with one attached hydrogen (secondary N) is 1. The number of hydrogen-bond acceptors (Lipinski definition) is 4. The molecule has 0 spiro atoms. The molecular formula is C18H21N5O2. The summed E-state index contributed by atoms with van der Waals surface area (Å²) in [5, 5.41) is 11.0. The van der Waals surface area contributed by atoms with E-state index in [1.807, 2.05) is 30.3 Å². The SMILES string of the molecule is CC(=O)N/C(=C/c1ccccc1)C(=O)N(C)Cc1nnc2n1CCC2. The fourth-order valence-electron chi connectivity index (χ4n) is 2.87. The molecule has 0 radical (unpaired) electrons. The maximum Gasteiger partial charge on any atom is 0.270 e. The smallest absolute Gasteiger partial charge is 0.270 e. The van der Waals surface area contributed by atoms with Crippen molar-refractivity contribution in [3.63, 3.8) is 0 Å². The van der Waals surface area contributed by atoms with Gasteiger partial charge >= 0.3 is 0 Å². The summed E-state index contributed by atoms with van der Waals surface area (Å²) < 4.78 is 2.06. The molecule has 130 valence electrons. The number of amides is 2. The number of hydrogen-bond donors (Lipinski definition) is 1. The lowest BCUT2D eigenvalue weighted by molar-refractivity contribution is -0.128. The fourth-order valence-corrected chi connectivity index (χ4v) is 2.87. The molecule has 2 heterocycles. The Morgan fingerprint density at radius 2 is 2.04 bits per heavy atom. The summed E-state index contributed by atoms with van der Waals surface area (Å²) >= 11 is 0. The molecule has 1 aromatic heterocycles. The van der Waals surface area contributed by atoms with E-state index < -0.39 is 0 Å². The van der Waals surface area contributed by atoms with E-state index in [-0.39, 0.29) is 17.5 Å². The van der Waals surface area contributed by atoms with Crippen LogP contribution in [0, 0.1) is 0 Å². The standard InChI is InChI=1S/C18H21N5O2/c1-13(24)19-15(11-14-7-4-3-5-8-14)18(25)22(2)12-17-21-20-16-9-6-10-23(16)17/h3-5,7-8,11H,6,9-10,12H2,1-2H3,(H,19,24)/b15-11+. The summed E-state index contributed by atoms with van der Waals surface area (Å²) in [4.78, 5) is 25.8. The largest absolute Gasteiger partial charge is 0.333 e. The number of rotatable bonds is 5. The van der Waals surface area contributed by atoms with Crippen LogP contribution >= 0.6 is 0 Å². The van der Waals surface area contributed by atoms with Crippen LogP contribution in [-0.4, -0.2) is 38.5 Å². The zero-order valence-corrected chi connectivity index (χ0v) is 14.4. The molecule has 0 atom stereocenters. The second kappa shape index (κ2) is 7.29. The predicted octanol–water partition coefficient (Wildman–Crippen LogP) is 1.36. The summed E-state index contributed by atoms with van der Waals surface area (Å²) in [6, 6.07) is 9.41. The number of nitrogens with zero attached hydrogens (tertiary/aromatic N) is 4. The molecule has 3 rings (SSSR count). The molecule has 1 aliphatic rings. The van der Waals surface area contributed by atoms with Crippen molar-refractivity contribution in [2.24, 2.45) is 0 Å². The first kappa shape index (κ1) is 16.9. The Labute approximate surface area is 146 Å². The van der Waals surface area contributed by atoms with Crippen molar-refractivity contribution >= 4 is 17.9 Å². The minimum atomic E-state index is -0.285. The van der Waals surface area contributed by atoms with Crippen molar-refractivity contribution in [2.75, 3.05) is 7.05 Å². The molecule has 0 aliphatic carbocycles. The maximum atomic E-state index is 12.8. The number of carbonyl (C=O) groups excluding carboxylic acids is 2. The molecule has 0 fully saturated rings. The molecule has 1 N–H and O–H groups in total. The first-order valence-electron chi connectivity index (χ1n) is 8.25. The number of fused-ring (bicyclic) bond motifs is 1. The van der Waals surface area contributed by atoms with Crippen LogP contribution in [0.1, 0.15) is 30.6 Å². The van der Waals surface area contributed by atoms with E-state index in [1.54, 1.807) is 18.0 Å². The lowest BCUT2D eigenvalue weighted by Gasteiger charge is -2.19. The molecule has 0 saturated heterocycles. The van der Waals surface area contributed by atoms with Crippen molar-refractivity contribution in [3.8, 4) is 0 Å². The van der Waals surface area contributed by atoms with Gasteiger partial charge in [-0.1, -0.05) is 30.3 Å². The lowest BCUT2D eigenvalue weighted by Crippen LogP contribution is -2.35. The Bertz CT molecular complexity index is 810. The van der Waals surface area contributed by atoms with Gasteiger partial charge in [0.25, 0.3) is 5.91 Å². The van der Waals surface area contributed by atoms with Gasteiger partial charge in [-0.25, -0.2) is 0 Å². The summed E-state index contributed by atoms with van der Waals surface area (Å²) in [7, 11) is 1.69. The van der Waals surface area contributed by atoms with E-state index in [0.29, 0.717) is 6.54 Å². The van der Waals surface area contributed by atoms with E-state index in [1.165, 1.54) is 6.92 Å². The Hall–Kier alpha value is -2.96. The Morgan fingerprint density at radius 1 is 1.28 bits per heavy atom. The van der Waals surface area contributed by atoms with Crippen LogP contribution in [0.3, 0.4) is 0 Å². The Morgan fingerprint density at radius 3 is 2.76 bits per heavy atom. The molecule has 25 heavy (non-hydrogen) atoms. The van der Waals surface area contributed by atoms with Gasteiger partial charge < -0.3 is 14.8 Å². The van der Waals surface area contributed by atoms with Crippen molar-refractivity contribution in [2.45, 2.75) is 32.9 Å². The van der Waals surface area contributed by atoms with Crippen molar-refractivity contribution in [1.82, 2.24) is 25.0 Å². The van der Waals surface area contributed by atoms with Crippen LogP contribution in [0.5, 0.6) is 0 Å². The highest BCUT2D eigenvalue weighted by Crippen LogP contribution is 2.16. The second-order valence-corrected chi connectivity index (χ2v) is 6.10. The third-order valence-electron chi connectivity index (χ3n) is 4.06. The van der Waals surface area contributed by atoms with Crippen LogP contribution in [0.15, 0.2) is 36.0 Å². The fraction of sp³-hybridized carbons (Fsp3) is 0.333. The number of benzene rings is 1. The third-order valence-corrected chi connectivity index (χ3v) is 4.06. The van der Waals surface area contributed by atoms with Crippen LogP contribution in [0.2, 0.25) is 0 Å². The van der Waals surface area contributed by atoms with E-state index in [4.69, 9.17) is 0 Å². The van der Waals surface area contributed by atoms with E-state index in [2.05, 4.69) is 20.1 Å². The highest BCUT2D eigenvalue weighted by molar-refractivity contribution is 6.00. The van der Waals surface area contributed by atoms with Crippen LogP contribution in [0.25, 0.3) is 6.08 Å². The van der Waals surface area contributed by atoms with Gasteiger partial charge in [-0.3, -0.25) is 9.59 Å². The van der Waals surface area contributed by atoms with Crippen LogP contribution in [0.4, 0.5) is 0 Å². The van der Waals surface area contributed by atoms with E-state index >= 15 is 0 Å². The quantitative estimate of drug-likeness (QED) is 0.834. The molecule has 7 nitrogen and oxygen atoms in total. The summed E-state index contributed by atoms with van der Waals surface area (Å²) in [6.07, 6.45) is 3.66. The average molecular weight is 339 g/mol. The maximum absolute atomic E-state index is 12.8. The van der Waals surface area contributed by atoms with Gasteiger partial charge in [0.2, 0.25) is 5.91 Å². The van der Waals surface area contributed by atoms with Gasteiger partial charge in [0.05, 0.1) is 6.54 Å². The topological polar surface area (TPSA) is 80.1 Å². The Kier molecular flexibility index (Phi) is 4.92. The monoisotopic (exact) mass is 339 g/mol. The summed E-state index contributed by atoms with van der Waals surface area (Å²) in [5.41, 5.74) is 1.08. The first-order valence-corrected chi connectivity index (χ1v) is 8.25. The Balaban J connectivity index is 1.79. The van der Waals surface area contributed by atoms with Crippen LogP contribution in [-0.2, 0) is 29.1 Å². The number of aryl methyl sites for hydroxylation is 1. The highest BCUT2D eigenvalue weighted by atomic mass is 16.2. The lowest BCUT2D eigenvalue weighted by atomic mass is 10.2. The highest BCUT2D eigenvalue weighted by Gasteiger charge is 2.22. The average Bonchev–Trinajstić information content (AvgIpc) is 3.19. The minimum absolute atomic E-state index is 0.238. The van der Waals surface area contributed by atoms with Gasteiger partial charge in [-0.05, 0) is 18.1 Å². The second-order valence-electron chi connectivity index (χ2n) is 6.10. The molecule has 0 unspecified atom stereocenters. The summed E-state index contributed by atoms with van der Waals surface area (Å²) in [6.45, 7) is 2.62. The van der Waals surface area contributed by atoms with Gasteiger partial charge in [-0.15, -0.1) is 10.2 Å². The first-order chi connectivity index (χ1) is 12.0. The van der Waals surface area contributed by atoms with Gasteiger partial charge in [0, 0.05) is 26.9 Å². The van der Waals surface area contributed by atoms with Crippen molar-refractivity contribution in [1.29, 1.82) is 0 Å². The molecule has 2 amide bonds.